The summed E-state index contributed by atoms with van der Waals surface area (Å²) in [6.45, 7) is 6.91. The molecule has 3 heterocycles. The molecule has 5 rings (SSSR count). The molecule has 1 N–H and O–H groups in total. The van der Waals surface area contributed by atoms with Crippen molar-refractivity contribution < 1.29 is 33.5 Å². The first-order valence-corrected chi connectivity index (χ1v) is 13.5. The molecule has 0 amide bonds. The maximum atomic E-state index is 12.4. The van der Waals surface area contributed by atoms with Crippen molar-refractivity contribution in [2.24, 2.45) is 0 Å². The van der Waals surface area contributed by atoms with Crippen LogP contribution in [0.15, 0.2) is 0 Å². The summed E-state index contributed by atoms with van der Waals surface area (Å²) in [5, 5.41) is 12.4. The number of ether oxygens (including phenoxy) is 6. The normalized spacial score (nSPS) is 25.8. The van der Waals surface area contributed by atoms with E-state index in [-0.39, 0.29) is 24.2 Å². The van der Waals surface area contributed by atoms with E-state index in [9.17, 15) is 5.11 Å². The Kier molecular flexibility index (Phi) is 7.28. The first-order valence-electron chi connectivity index (χ1n) is 13.5. The predicted octanol–water partition coefficient (Wildman–Crippen LogP) is 4.14. The van der Waals surface area contributed by atoms with Gasteiger partial charge in [-0.05, 0) is 33.7 Å². The molecule has 0 saturated carbocycles. The number of fused-ring (bicyclic) bond motifs is 7. The van der Waals surface area contributed by atoms with E-state index in [1.54, 1.807) is 42.7 Å². The van der Waals surface area contributed by atoms with Gasteiger partial charge < -0.3 is 33.5 Å². The molecular formula is C30H42N2O7. The van der Waals surface area contributed by atoms with Crippen LogP contribution >= 0.6 is 0 Å². The van der Waals surface area contributed by atoms with Gasteiger partial charge >= 0.3 is 0 Å². The quantitative estimate of drug-likeness (QED) is 0.555. The summed E-state index contributed by atoms with van der Waals surface area (Å²) in [4.78, 5) is 4.85. The molecule has 0 aromatic heterocycles. The zero-order valence-corrected chi connectivity index (χ0v) is 24.8. The van der Waals surface area contributed by atoms with E-state index in [1.165, 1.54) is 0 Å². The van der Waals surface area contributed by atoms with E-state index < -0.39 is 6.10 Å². The molecule has 5 atom stereocenters. The number of hydrogen-bond donors (Lipinski definition) is 1. The van der Waals surface area contributed by atoms with Crippen LogP contribution in [-0.2, 0) is 6.42 Å². The molecule has 39 heavy (non-hydrogen) atoms. The molecular weight excluding hydrogens is 500 g/mol. The molecule has 214 valence electrons. The molecule has 1 fully saturated rings. The van der Waals surface area contributed by atoms with Gasteiger partial charge in [0.05, 0.1) is 54.7 Å². The maximum absolute atomic E-state index is 12.4. The lowest BCUT2D eigenvalue weighted by molar-refractivity contribution is -0.102. The topological polar surface area (TPSA) is 82.1 Å². The van der Waals surface area contributed by atoms with Crippen molar-refractivity contribution in [2.45, 2.75) is 63.9 Å². The number of likely N-dealkylation sites (N-methyl/N-ethyl adjacent to an activating group) is 1. The van der Waals surface area contributed by atoms with Crippen molar-refractivity contribution in [1.82, 2.24) is 9.80 Å². The molecule has 0 aliphatic carbocycles. The Bertz CT molecular complexity index is 1280. The molecule has 2 bridgehead atoms. The summed E-state index contributed by atoms with van der Waals surface area (Å²) in [6.07, 6.45) is 0.765. The molecule has 2 aromatic rings. The molecule has 9 nitrogen and oxygen atoms in total. The smallest absolute Gasteiger partial charge is 0.167 e. The largest absolute Gasteiger partial charge is 0.496 e. The third-order valence-corrected chi connectivity index (χ3v) is 9.24. The van der Waals surface area contributed by atoms with Crippen LogP contribution in [0.5, 0.6) is 34.5 Å². The second-order valence-corrected chi connectivity index (χ2v) is 10.7. The highest BCUT2D eigenvalue weighted by Crippen LogP contribution is 2.60. The highest BCUT2D eigenvalue weighted by Gasteiger charge is 2.56. The number of nitrogens with zero attached hydrogens (tertiary/aromatic N) is 2. The van der Waals surface area contributed by atoms with Gasteiger partial charge in [0.15, 0.2) is 23.0 Å². The van der Waals surface area contributed by atoms with E-state index in [1.807, 2.05) is 13.8 Å². The molecule has 3 aliphatic rings. The third-order valence-electron chi connectivity index (χ3n) is 9.24. The van der Waals surface area contributed by atoms with Crippen LogP contribution in [0.1, 0.15) is 64.9 Å². The number of methoxy groups -OCH3 is 6. The van der Waals surface area contributed by atoms with E-state index in [0.717, 1.165) is 58.5 Å². The second-order valence-electron chi connectivity index (χ2n) is 10.7. The van der Waals surface area contributed by atoms with Gasteiger partial charge in [-0.25, -0.2) is 0 Å². The number of aliphatic hydroxyl groups excluding tert-OH is 1. The first kappa shape index (κ1) is 27.7. The van der Waals surface area contributed by atoms with Crippen LogP contribution < -0.4 is 28.4 Å². The summed E-state index contributed by atoms with van der Waals surface area (Å²) < 4.78 is 35.7. The Morgan fingerprint density at radius 1 is 0.718 bits per heavy atom. The fourth-order valence-corrected chi connectivity index (χ4v) is 7.73. The van der Waals surface area contributed by atoms with Crippen LogP contribution in [0.25, 0.3) is 0 Å². The van der Waals surface area contributed by atoms with Gasteiger partial charge in [0, 0.05) is 52.0 Å². The summed E-state index contributed by atoms with van der Waals surface area (Å²) in [6, 6.07) is -0.248. The van der Waals surface area contributed by atoms with Crippen LogP contribution in [0.3, 0.4) is 0 Å². The van der Waals surface area contributed by atoms with Crippen molar-refractivity contribution in [3.8, 4) is 34.5 Å². The van der Waals surface area contributed by atoms with Crippen LogP contribution in [-0.4, -0.2) is 83.2 Å². The third kappa shape index (κ3) is 3.62. The fraction of sp³-hybridized carbons (Fsp3) is 0.600. The van der Waals surface area contributed by atoms with Crippen LogP contribution in [0.2, 0.25) is 0 Å². The Balaban J connectivity index is 1.83. The van der Waals surface area contributed by atoms with E-state index in [4.69, 9.17) is 28.4 Å². The highest BCUT2D eigenvalue weighted by atomic mass is 16.5. The van der Waals surface area contributed by atoms with Crippen molar-refractivity contribution in [3.05, 3.63) is 33.4 Å². The monoisotopic (exact) mass is 542 g/mol. The Labute approximate surface area is 231 Å². The van der Waals surface area contributed by atoms with Crippen molar-refractivity contribution in [1.29, 1.82) is 0 Å². The minimum Gasteiger partial charge on any atom is -0.496 e. The molecule has 0 radical (unpaired) electrons. The molecule has 3 aliphatic heterocycles. The van der Waals surface area contributed by atoms with Gasteiger partial charge in [-0.3, -0.25) is 9.80 Å². The van der Waals surface area contributed by atoms with Gasteiger partial charge in [0.1, 0.15) is 17.6 Å². The summed E-state index contributed by atoms with van der Waals surface area (Å²) in [7, 11) is 12.2. The van der Waals surface area contributed by atoms with Gasteiger partial charge in [-0.2, -0.15) is 0 Å². The minimum atomic E-state index is -0.862. The Hall–Kier alpha value is -2.88. The lowest BCUT2D eigenvalue weighted by atomic mass is 9.72. The lowest BCUT2D eigenvalue weighted by Crippen LogP contribution is -2.64. The average Bonchev–Trinajstić information content (AvgIpc) is 2.92. The number of aliphatic hydroxyl groups is 1. The van der Waals surface area contributed by atoms with Gasteiger partial charge in [-0.1, -0.05) is 6.92 Å². The second kappa shape index (κ2) is 10.3. The van der Waals surface area contributed by atoms with Crippen LogP contribution in [0.4, 0.5) is 0 Å². The summed E-state index contributed by atoms with van der Waals surface area (Å²) in [5.41, 5.74) is 5.58. The van der Waals surface area contributed by atoms with Crippen LogP contribution in [0, 0.1) is 13.8 Å². The predicted molar refractivity (Wildman–Crippen MR) is 148 cm³/mol. The minimum absolute atomic E-state index is 0.00719. The highest BCUT2D eigenvalue weighted by molar-refractivity contribution is 5.68. The Morgan fingerprint density at radius 3 is 1.74 bits per heavy atom. The molecule has 0 spiro atoms. The number of piperazine rings is 1. The van der Waals surface area contributed by atoms with Crippen molar-refractivity contribution in [2.75, 3.05) is 56.3 Å². The zero-order valence-electron chi connectivity index (χ0n) is 24.8. The lowest BCUT2D eigenvalue weighted by Gasteiger charge is -2.59. The SMILES string of the molecule is CC[C@H]1c2c(OC)c(OC)c(C)c(OC)c2C(O)C2C3c4c(c(OC)c(C)c(OC)c4OC)C[C@@H](CN21)N3C. The van der Waals surface area contributed by atoms with E-state index in [2.05, 4.69) is 23.8 Å². The van der Waals surface area contributed by atoms with Crippen molar-refractivity contribution in [3.63, 3.8) is 0 Å². The van der Waals surface area contributed by atoms with Gasteiger partial charge in [-0.15, -0.1) is 0 Å². The summed E-state index contributed by atoms with van der Waals surface area (Å²) in [5.74, 6) is 4.13. The molecule has 2 aromatic carbocycles. The van der Waals surface area contributed by atoms with E-state index >= 15 is 0 Å². The molecule has 3 unspecified atom stereocenters. The molecule has 9 heteroatoms. The average molecular weight is 543 g/mol. The zero-order chi connectivity index (χ0) is 28.3. The standard InChI is InChI=1S/C30H42N2O7/c1-11-18-20-21(26(35-6)15(3)28(37-8)30(20)39-10)24(33)23-22-19-17(12-16(31(22)4)13-32(18)23)25(34-5)14(2)27(36-7)29(19)38-9/h16,18,22-24,33H,11-13H2,1-10H3/t16-,18-,22?,23?,24?/m0/s1. The van der Waals surface area contributed by atoms with Gasteiger partial charge in [0.25, 0.3) is 0 Å². The fourth-order valence-electron chi connectivity index (χ4n) is 7.73. The summed E-state index contributed by atoms with van der Waals surface area (Å²) >= 11 is 0. The van der Waals surface area contributed by atoms with Crippen molar-refractivity contribution >= 4 is 0 Å². The Morgan fingerprint density at radius 2 is 1.23 bits per heavy atom. The molecule has 1 saturated heterocycles. The van der Waals surface area contributed by atoms with Gasteiger partial charge in [0.2, 0.25) is 0 Å². The van der Waals surface area contributed by atoms with E-state index in [0.29, 0.717) is 28.7 Å². The maximum Gasteiger partial charge on any atom is 0.167 e. The first-order chi connectivity index (χ1) is 18.7. The number of benzene rings is 2. The number of rotatable bonds is 7. The number of hydrogen-bond acceptors (Lipinski definition) is 9.